The van der Waals surface area contributed by atoms with Crippen molar-refractivity contribution >= 4 is 17.6 Å². The highest BCUT2D eigenvalue weighted by Crippen LogP contribution is 2.20. The number of ether oxygens (including phenoxy) is 1. The van der Waals surface area contributed by atoms with Crippen LogP contribution in [0.5, 0.6) is 5.75 Å². The van der Waals surface area contributed by atoms with E-state index in [4.69, 9.17) is 9.73 Å². The Kier molecular flexibility index (Phi) is 6.74. The second kappa shape index (κ2) is 9.45. The van der Waals surface area contributed by atoms with Crippen LogP contribution in [0.1, 0.15) is 18.1 Å². The first-order valence-electron chi connectivity index (χ1n) is 9.97. The van der Waals surface area contributed by atoms with Crippen LogP contribution in [-0.2, 0) is 18.3 Å². The van der Waals surface area contributed by atoms with Gasteiger partial charge in [-0.3, -0.25) is 14.5 Å². The Morgan fingerprint density at radius 2 is 2.17 bits per heavy atom. The van der Waals surface area contributed by atoms with E-state index in [9.17, 15) is 4.79 Å². The van der Waals surface area contributed by atoms with Crippen LogP contribution in [0.4, 0.5) is 5.69 Å². The molecule has 29 heavy (non-hydrogen) atoms. The molecule has 2 heterocycles. The summed E-state index contributed by atoms with van der Waals surface area (Å²) in [5, 5.41) is 7.48. The number of hydrogen-bond donors (Lipinski definition) is 1. The summed E-state index contributed by atoms with van der Waals surface area (Å²) in [4.78, 5) is 21.3. The predicted molar refractivity (Wildman–Crippen MR) is 115 cm³/mol. The number of guanidine groups is 1. The number of piperazine rings is 1. The zero-order valence-electron chi connectivity index (χ0n) is 17.7. The van der Waals surface area contributed by atoms with Crippen molar-refractivity contribution in [3.63, 3.8) is 0 Å². The van der Waals surface area contributed by atoms with E-state index in [1.165, 1.54) is 5.56 Å². The van der Waals surface area contributed by atoms with E-state index in [-0.39, 0.29) is 5.91 Å². The summed E-state index contributed by atoms with van der Waals surface area (Å²) in [6.45, 7) is 7.12. The number of amides is 1. The molecule has 0 spiro atoms. The highest BCUT2D eigenvalue weighted by Gasteiger charge is 2.27. The minimum Gasteiger partial charge on any atom is -0.496 e. The first-order valence-corrected chi connectivity index (χ1v) is 9.97. The van der Waals surface area contributed by atoms with Gasteiger partial charge in [0.2, 0.25) is 5.91 Å². The van der Waals surface area contributed by atoms with Crippen molar-refractivity contribution in [2.75, 3.05) is 44.7 Å². The summed E-state index contributed by atoms with van der Waals surface area (Å²) in [6, 6.07) is 6.18. The number of carbonyl (C=O) groups excluding carboxylic acids is 1. The summed E-state index contributed by atoms with van der Waals surface area (Å²) in [6.07, 6.45) is 4.37. The number of aryl methyl sites for hydroxylation is 2. The number of methoxy groups -OCH3 is 1. The van der Waals surface area contributed by atoms with Gasteiger partial charge < -0.3 is 19.9 Å². The van der Waals surface area contributed by atoms with Crippen LogP contribution < -0.4 is 15.0 Å². The summed E-state index contributed by atoms with van der Waals surface area (Å²) in [7, 11) is 3.54. The lowest BCUT2D eigenvalue weighted by atomic mass is 10.1. The number of nitrogens with zero attached hydrogens (tertiary/aromatic N) is 5. The number of carbonyl (C=O) groups is 1. The number of nitrogens with one attached hydrogen (secondary N) is 1. The van der Waals surface area contributed by atoms with E-state index in [2.05, 4.69) is 23.4 Å². The molecule has 1 amide bonds. The molecular weight excluding hydrogens is 368 g/mol. The average Bonchev–Trinajstić information content (AvgIpc) is 3.13. The van der Waals surface area contributed by atoms with Crippen molar-refractivity contribution in [2.24, 2.45) is 12.0 Å². The number of rotatable bonds is 6. The van der Waals surface area contributed by atoms with Crippen LogP contribution in [0.3, 0.4) is 0 Å². The molecule has 0 radical (unpaired) electrons. The van der Waals surface area contributed by atoms with Gasteiger partial charge in [-0.2, -0.15) is 5.10 Å². The van der Waals surface area contributed by atoms with Gasteiger partial charge in [0.15, 0.2) is 5.96 Å². The molecule has 1 aromatic carbocycles. The highest BCUT2D eigenvalue weighted by molar-refractivity contribution is 5.98. The van der Waals surface area contributed by atoms with Gasteiger partial charge in [-0.1, -0.05) is 17.7 Å². The SMILES string of the molecule is CCNC(=NCCc1cc(C)ccc1OC)N1CCN(c2cnn(C)c2)C(=O)C1. The Hall–Kier alpha value is -3.03. The summed E-state index contributed by atoms with van der Waals surface area (Å²) in [5.41, 5.74) is 3.18. The van der Waals surface area contributed by atoms with Gasteiger partial charge in [-0.15, -0.1) is 0 Å². The lowest BCUT2D eigenvalue weighted by molar-refractivity contribution is -0.120. The molecule has 1 saturated heterocycles. The summed E-state index contributed by atoms with van der Waals surface area (Å²) in [5.74, 6) is 1.71. The maximum atomic E-state index is 12.7. The van der Waals surface area contributed by atoms with Gasteiger partial charge in [0.25, 0.3) is 0 Å². The first-order chi connectivity index (χ1) is 14.0. The smallest absolute Gasteiger partial charge is 0.246 e. The van der Waals surface area contributed by atoms with Crippen LogP contribution in [0.25, 0.3) is 0 Å². The largest absolute Gasteiger partial charge is 0.496 e. The Morgan fingerprint density at radius 3 is 2.83 bits per heavy atom. The van der Waals surface area contributed by atoms with Crippen molar-refractivity contribution in [3.8, 4) is 5.75 Å². The van der Waals surface area contributed by atoms with Gasteiger partial charge in [0, 0.05) is 39.4 Å². The lowest BCUT2D eigenvalue weighted by Gasteiger charge is -2.35. The third kappa shape index (κ3) is 5.07. The number of aromatic nitrogens is 2. The molecule has 8 nitrogen and oxygen atoms in total. The minimum absolute atomic E-state index is 0.0511. The number of benzene rings is 1. The molecule has 0 saturated carbocycles. The molecule has 1 aromatic heterocycles. The fraction of sp³-hybridized carbons (Fsp3) is 0.476. The molecule has 2 aromatic rings. The number of aliphatic imine (C=N–C) groups is 1. The van der Waals surface area contributed by atoms with Crippen LogP contribution in [-0.4, -0.2) is 66.4 Å². The summed E-state index contributed by atoms with van der Waals surface area (Å²) < 4.78 is 7.17. The third-order valence-electron chi connectivity index (χ3n) is 4.94. The molecule has 0 aliphatic carbocycles. The standard InChI is InChI=1S/C21H30N6O2/c1-5-22-21(23-9-8-17-12-16(2)6-7-19(17)29-4)26-10-11-27(20(28)15-26)18-13-24-25(3)14-18/h6-7,12-14H,5,8-11,15H2,1-4H3,(H,22,23). The van der Waals surface area contributed by atoms with E-state index in [1.807, 2.05) is 37.2 Å². The normalized spacial score (nSPS) is 15.0. The van der Waals surface area contributed by atoms with Gasteiger partial charge in [-0.25, -0.2) is 0 Å². The molecule has 156 valence electrons. The topological polar surface area (TPSA) is 75.0 Å². The van der Waals surface area contributed by atoms with Crippen LogP contribution >= 0.6 is 0 Å². The molecule has 1 N–H and O–H groups in total. The Balaban J connectivity index is 1.65. The molecule has 3 rings (SSSR count). The van der Waals surface area contributed by atoms with Crippen molar-refractivity contribution < 1.29 is 9.53 Å². The zero-order chi connectivity index (χ0) is 20.8. The van der Waals surface area contributed by atoms with E-state index in [0.29, 0.717) is 19.6 Å². The molecule has 1 aliphatic heterocycles. The first kappa shape index (κ1) is 20.7. The second-order valence-electron chi connectivity index (χ2n) is 7.14. The van der Waals surface area contributed by atoms with E-state index in [0.717, 1.165) is 42.5 Å². The Bertz CT molecular complexity index is 876. The molecule has 0 bridgehead atoms. The number of hydrogen-bond acceptors (Lipinski definition) is 4. The fourth-order valence-electron chi connectivity index (χ4n) is 3.49. The zero-order valence-corrected chi connectivity index (χ0v) is 17.7. The highest BCUT2D eigenvalue weighted by atomic mass is 16.5. The molecule has 8 heteroatoms. The lowest BCUT2D eigenvalue weighted by Crippen LogP contribution is -2.55. The molecule has 1 fully saturated rings. The maximum absolute atomic E-state index is 12.7. The van der Waals surface area contributed by atoms with Gasteiger partial charge in [-0.05, 0) is 31.9 Å². The van der Waals surface area contributed by atoms with Gasteiger partial charge >= 0.3 is 0 Å². The van der Waals surface area contributed by atoms with Gasteiger partial charge in [0.05, 0.1) is 19.0 Å². The predicted octanol–water partition coefficient (Wildman–Crippen LogP) is 1.59. The Labute approximate surface area is 172 Å². The van der Waals surface area contributed by atoms with Crippen molar-refractivity contribution in [2.45, 2.75) is 20.3 Å². The van der Waals surface area contributed by atoms with E-state index in [1.54, 1.807) is 22.9 Å². The summed E-state index contributed by atoms with van der Waals surface area (Å²) >= 11 is 0. The Morgan fingerprint density at radius 1 is 1.34 bits per heavy atom. The van der Waals surface area contributed by atoms with Crippen LogP contribution in [0.15, 0.2) is 35.6 Å². The van der Waals surface area contributed by atoms with Crippen LogP contribution in [0, 0.1) is 6.92 Å². The van der Waals surface area contributed by atoms with Crippen LogP contribution in [0.2, 0.25) is 0 Å². The molecule has 0 unspecified atom stereocenters. The average molecular weight is 399 g/mol. The monoisotopic (exact) mass is 398 g/mol. The maximum Gasteiger partial charge on any atom is 0.246 e. The third-order valence-corrected chi connectivity index (χ3v) is 4.94. The minimum atomic E-state index is 0.0511. The molecule has 0 atom stereocenters. The van der Waals surface area contributed by atoms with Crippen molar-refractivity contribution in [1.29, 1.82) is 0 Å². The fourth-order valence-corrected chi connectivity index (χ4v) is 3.49. The second-order valence-corrected chi connectivity index (χ2v) is 7.14. The molecular formula is C21H30N6O2. The van der Waals surface area contributed by atoms with E-state index >= 15 is 0 Å². The quantitative estimate of drug-likeness (QED) is 0.591. The number of anilines is 1. The van der Waals surface area contributed by atoms with Crippen molar-refractivity contribution in [3.05, 3.63) is 41.7 Å². The van der Waals surface area contributed by atoms with Crippen molar-refractivity contribution in [1.82, 2.24) is 20.0 Å². The van der Waals surface area contributed by atoms with Gasteiger partial charge in [0.1, 0.15) is 12.3 Å². The van der Waals surface area contributed by atoms with E-state index < -0.39 is 0 Å². The molecule has 1 aliphatic rings.